The molecule has 10 heteroatoms. The quantitative estimate of drug-likeness (QED) is 0.121. The lowest BCUT2D eigenvalue weighted by Crippen LogP contribution is -2.38. The van der Waals surface area contributed by atoms with Gasteiger partial charge in [-0.1, -0.05) is 71.4 Å². The molecule has 2 aliphatic heterocycles. The number of hydrogen-bond acceptors (Lipinski definition) is 8. The standard InChI is InChI=1S/C17H22N2O2.C10H15NO2.C7H9N3/c1-3-4-5-6-10-19-15(20)13-14(16(19)21)17(13,2)12-8-7-9-18-11-12;1-2-3-4-5-8-11-9(12)6-7-10(11)13;1-6(10-8)7-3-2-4-9-5-7/h7-9,11,13-14H,3-6,10H2,1-2H3;6-7H,2-5,8H2,1H3;2-5H,8H2,1H3/b;;10-6+. The number of rotatable bonds is 12. The summed E-state index contributed by atoms with van der Waals surface area (Å²) in [4.78, 5) is 58.0. The highest BCUT2D eigenvalue weighted by atomic mass is 16.2. The van der Waals surface area contributed by atoms with E-state index in [1.807, 2.05) is 38.1 Å². The molecule has 5 rings (SSSR count). The SMILES string of the molecule is C/C(=N\N)c1cccnc1.CCCCCCN1C(=O)C2C(C1=O)C2(C)c1cccnc1.CCCCCCN1C(=O)C=CC1=O. The van der Waals surface area contributed by atoms with Gasteiger partial charge in [0.15, 0.2) is 0 Å². The number of nitrogens with zero attached hydrogens (tertiary/aromatic N) is 5. The Kier molecular flexibility index (Phi) is 12.9. The van der Waals surface area contributed by atoms with E-state index in [-0.39, 0.29) is 40.9 Å². The van der Waals surface area contributed by atoms with Crippen molar-refractivity contribution in [3.63, 3.8) is 0 Å². The highest BCUT2D eigenvalue weighted by molar-refractivity contribution is 6.13. The maximum absolute atomic E-state index is 12.5. The van der Waals surface area contributed by atoms with Crippen LogP contribution in [-0.2, 0) is 24.6 Å². The van der Waals surface area contributed by atoms with Crippen molar-refractivity contribution in [1.29, 1.82) is 0 Å². The maximum atomic E-state index is 12.5. The highest BCUT2D eigenvalue weighted by Crippen LogP contribution is 2.64. The maximum Gasteiger partial charge on any atom is 0.253 e. The van der Waals surface area contributed by atoms with Gasteiger partial charge in [-0.15, -0.1) is 0 Å². The smallest absolute Gasteiger partial charge is 0.253 e. The summed E-state index contributed by atoms with van der Waals surface area (Å²) in [6.07, 6.45) is 18.3. The third kappa shape index (κ3) is 8.24. The molecule has 2 N–H and O–H groups in total. The lowest BCUT2D eigenvalue weighted by Gasteiger charge is -2.22. The third-order valence-corrected chi connectivity index (χ3v) is 8.51. The molecule has 2 atom stereocenters. The first-order valence-electron chi connectivity index (χ1n) is 15.7. The summed E-state index contributed by atoms with van der Waals surface area (Å²) in [5.41, 5.74) is 2.44. The van der Waals surface area contributed by atoms with Crippen LogP contribution in [0.2, 0.25) is 0 Å². The fourth-order valence-corrected chi connectivity index (χ4v) is 5.71. The number of carbonyl (C=O) groups is 4. The van der Waals surface area contributed by atoms with Crippen LogP contribution in [0, 0.1) is 11.8 Å². The fraction of sp³-hybridized carbons (Fsp3) is 0.500. The second-order valence-electron chi connectivity index (χ2n) is 11.5. The Labute approximate surface area is 260 Å². The number of unbranched alkanes of at least 4 members (excludes halogenated alkanes) is 6. The van der Waals surface area contributed by atoms with E-state index in [4.69, 9.17) is 5.84 Å². The Morgan fingerprint density at radius 3 is 1.77 bits per heavy atom. The molecule has 2 aromatic rings. The number of hydrazone groups is 1. The number of fused-ring (bicyclic) bond motifs is 1. The number of likely N-dealkylation sites (tertiary alicyclic amines) is 1. The van der Waals surface area contributed by atoms with Crippen LogP contribution in [0.3, 0.4) is 0 Å². The van der Waals surface area contributed by atoms with E-state index < -0.39 is 0 Å². The minimum absolute atomic E-state index is 0.0212. The Morgan fingerprint density at radius 2 is 1.32 bits per heavy atom. The topological polar surface area (TPSA) is 139 Å². The van der Waals surface area contributed by atoms with Crippen LogP contribution in [0.4, 0.5) is 0 Å². The minimum Gasteiger partial charge on any atom is -0.323 e. The molecule has 0 spiro atoms. The van der Waals surface area contributed by atoms with Gasteiger partial charge in [0, 0.05) is 61.0 Å². The summed E-state index contributed by atoms with van der Waals surface area (Å²) in [7, 11) is 0. The van der Waals surface area contributed by atoms with Gasteiger partial charge in [-0.05, 0) is 37.5 Å². The Hall–Kier alpha value is -4.21. The summed E-state index contributed by atoms with van der Waals surface area (Å²) in [5.74, 6) is 4.44. The third-order valence-electron chi connectivity index (χ3n) is 8.51. The van der Waals surface area contributed by atoms with E-state index in [1.54, 1.807) is 24.8 Å². The predicted molar refractivity (Wildman–Crippen MR) is 170 cm³/mol. The van der Waals surface area contributed by atoms with Crippen LogP contribution in [0.1, 0.15) is 90.2 Å². The van der Waals surface area contributed by atoms with Crippen molar-refractivity contribution in [3.8, 4) is 0 Å². The first-order chi connectivity index (χ1) is 21.2. The van der Waals surface area contributed by atoms with Gasteiger partial charge in [-0.3, -0.25) is 38.9 Å². The normalized spacial score (nSPS) is 22.0. The van der Waals surface area contributed by atoms with Gasteiger partial charge in [0.05, 0.1) is 17.5 Å². The minimum atomic E-state index is -0.331. The van der Waals surface area contributed by atoms with Crippen molar-refractivity contribution in [2.45, 2.75) is 84.5 Å². The molecule has 236 valence electrons. The molecule has 1 saturated carbocycles. The van der Waals surface area contributed by atoms with Crippen molar-refractivity contribution in [2.75, 3.05) is 13.1 Å². The Bertz CT molecular complexity index is 1290. The molecule has 3 aliphatic rings. The Balaban J connectivity index is 0.000000197. The van der Waals surface area contributed by atoms with Gasteiger partial charge in [0.25, 0.3) is 11.8 Å². The fourth-order valence-electron chi connectivity index (χ4n) is 5.71. The highest BCUT2D eigenvalue weighted by Gasteiger charge is 2.75. The van der Waals surface area contributed by atoms with Crippen LogP contribution in [-0.4, -0.2) is 62.2 Å². The number of carbonyl (C=O) groups excluding carboxylic acids is 4. The zero-order valence-electron chi connectivity index (χ0n) is 26.4. The second kappa shape index (κ2) is 16.6. The summed E-state index contributed by atoms with van der Waals surface area (Å²) in [6.45, 7) is 9.31. The first-order valence-corrected chi connectivity index (χ1v) is 15.7. The molecule has 2 aromatic heterocycles. The van der Waals surface area contributed by atoms with Gasteiger partial charge in [0.2, 0.25) is 11.8 Å². The van der Waals surface area contributed by atoms with Gasteiger partial charge in [-0.25, -0.2) is 0 Å². The van der Waals surface area contributed by atoms with Crippen molar-refractivity contribution < 1.29 is 19.2 Å². The number of amides is 4. The molecule has 1 saturated heterocycles. The number of pyridine rings is 2. The molecule has 10 nitrogen and oxygen atoms in total. The van der Waals surface area contributed by atoms with Crippen molar-refractivity contribution in [3.05, 3.63) is 72.3 Å². The molecule has 44 heavy (non-hydrogen) atoms. The number of piperidine rings is 1. The number of nitrogens with two attached hydrogens (primary N) is 1. The zero-order valence-corrected chi connectivity index (χ0v) is 26.4. The van der Waals surface area contributed by atoms with Gasteiger partial charge >= 0.3 is 0 Å². The summed E-state index contributed by atoms with van der Waals surface area (Å²) in [6, 6.07) is 7.60. The molecule has 0 bridgehead atoms. The molecule has 1 aliphatic carbocycles. The average Bonchev–Trinajstić information content (AvgIpc) is 3.45. The largest absolute Gasteiger partial charge is 0.323 e. The predicted octanol–water partition coefficient (Wildman–Crippen LogP) is 4.79. The lowest BCUT2D eigenvalue weighted by atomic mass is 9.93. The monoisotopic (exact) mass is 602 g/mol. The molecule has 2 unspecified atom stereocenters. The van der Waals surface area contributed by atoms with E-state index in [1.165, 1.54) is 34.8 Å². The zero-order chi connectivity index (χ0) is 32.1. The van der Waals surface area contributed by atoms with Crippen LogP contribution in [0.15, 0.2) is 66.3 Å². The van der Waals surface area contributed by atoms with Crippen molar-refractivity contribution in [1.82, 2.24) is 19.8 Å². The van der Waals surface area contributed by atoms with Crippen LogP contribution < -0.4 is 5.84 Å². The molecule has 4 amide bonds. The second-order valence-corrected chi connectivity index (χ2v) is 11.5. The average molecular weight is 603 g/mol. The van der Waals surface area contributed by atoms with Crippen LogP contribution in [0.5, 0.6) is 0 Å². The summed E-state index contributed by atoms with van der Waals surface area (Å²) >= 11 is 0. The molecular formula is C34H46N6O4. The molecule has 2 fully saturated rings. The van der Waals surface area contributed by atoms with Gasteiger partial charge in [-0.2, -0.15) is 5.10 Å². The van der Waals surface area contributed by atoms with E-state index >= 15 is 0 Å². The molecule has 4 heterocycles. The van der Waals surface area contributed by atoms with Gasteiger partial charge < -0.3 is 5.84 Å². The summed E-state index contributed by atoms with van der Waals surface area (Å²) in [5, 5.41) is 3.54. The Morgan fingerprint density at radius 1 is 0.795 bits per heavy atom. The van der Waals surface area contributed by atoms with E-state index in [9.17, 15) is 19.2 Å². The number of aromatic nitrogens is 2. The van der Waals surface area contributed by atoms with E-state index in [2.05, 4.69) is 28.9 Å². The summed E-state index contributed by atoms with van der Waals surface area (Å²) < 4.78 is 0. The molecular weight excluding hydrogens is 556 g/mol. The number of imide groups is 2. The molecule has 0 radical (unpaired) electrons. The van der Waals surface area contributed by atoms with E-state index in [0.29, 0.717) is 13.1 Å². The van der Waals surface area contributed by atoms with Crippen LogP contribution >= 0.6 is 0 Å². The van der Waals surface area contributed by atoms with Crippen LogP contribution in [0.25, 0.3) is 0 Å². The van der Waals surface area contributed by atoms with Crippen molar-refractivity contribution >= 4 is 29.3 Å². The lowest BCUT2D eigenvalue weighted by molar-refractivity contribution is -0.142. The number of hydrogen-bond donors (Lipinski definition) is 1. The van der Waals surface area contributed by atoms with E-state index in [0.717, 1.165) is 55.4 Å². The first kappa shape index (κ1) is 34.3. The van der Waals surface area contributed by atoms with Crippen molar-refractivity contribution in [2.24, 2.45) is 22.8 Å². The van der Waals surface area contributed by atoms with Gasteiger partial charge in [0.1, 0.15) is 0 Å². The molecule has 0 aromatic carbocycles.